The van der Waals surface area contributed by atoms with Crippen molar-refractivity contribution in [3.63, 3.8) is 0 Å². The van der Waals surface area contributed by atoms with Crippen molar-refractivity contribution in [1.82, 2.24) is 0 Å². The molecule has 2 rings (SSSR count). The first-order valence-corrected chi connectivity index (χ1v) is 5.36. The second-order valence-electron chi connectivity index (χ2n) is 3.50. The highest BCUT2D eigenvalue weighted by molar-refractivity contribution is 9.10. The van der Waals surface area contributed by atoms with Crippen LogP contribution in [0.3, 0.4) is 0 Å². The van der Waals surface area contributed by atoms with Crippen molar-refractivity contribution in [2.24, 2.45) is 0 Å². The molecule has 1 aliphatic carbocycles. The summed E-state index contributed by atoms with van der Waals surface area (Å²) >= 11 is 3.39. The van der Waals surface area contributed by atoms with Crippen molar-refractivity contribution in [2.75, 3.05) is 11.1 Å². The standard InChI is InChI=1S/C10H13BrN2/c11-7-4-5-10(9(12)6-7)13-8-2-1-3-8/h4-6,8,13H,1-3,12H2. The van der Waals surface area contributed by atoms with E-state index in [-0.39, 0.29) is 0 Å². The van der Waals surface area contributed by atoms with Crippen molar-refractivity contribution in [3.05, 3.63) is 22.7 Å². The number of nitrogen functional groups attached to an aromatic ring is 1. The summed E-state index contributed by atoms with van der Waals surface area (Å²) in [5.41, 5.74) is 7.74. The van der Waals surface area contributed by atoms with Gasteiger partial charge in [0.05, 0.1) is 11.4 Å². The van der Waals surface area contributed by atoms with E-state index in [9.17, 15) is 0 Å². The first-order chi connectivity index (χ1) is 6.25. The number of nitrogens with one attached hydrogen (secondary N) is 1. The van der Waals surface area contributed by atoms with Crippen molar-refractivity contribution < 1.29 is 0 Å². The average Bonchev–Trinajstić information content (AvgIpc) is 1.99. The third-order valence-electron chi connectivity index (χ3n) is 2.48. The van der Waals surface area contributed by atoms with Crippen molar-refractivity contribution in [1.29, 1.82) is 0 Å². The maximum atomic E-state index is 5.86. The Kier molecular flexibility index (Phi) is 2.44. The van der Waals surface area contributed by atoms with Crippen LogP contribution < -0.4 is 11.1 Å². The van der Waals surface area contributed by atoms with Gasteiger partial charge in [0.25, 0.3) is 0 Å². The zero-order valence-electron chi connectivity index (χ0n) is 7.39. The van der Waals surface area contributed by atoms with Gasteiger partial charge in [0, 0.05) is 10.5 Å². The molecule has 0 bridgehead atoms. The Morgan fingerprint density at radius 1 is 1.38 bits per heavy atom. The number of rotatable bonds is 2. The highest BCUT2D eigenvalue weighted by Crippen LogP contribution is 2.28. The molecule has 0 aromatic heterocycles. The van der Waals surface area contributed by atoms with Crippen LogP contribution in [-0.2, 0) is 0 Å². The van der Waals surface area contributed by atoms with Crippen LogP contribution >= 0.6 is 15.9 Å². The Balaban J connectivity index is 2.10. The van der Waals surface area contributed by atoms with E-state index in [1.54, 1.807) is 0 Å². The molecule has 1 aromatic rings. The van der Waals surface area contributed by atoms with E-state index in [4.69, 9.17) is 5.73 Å². The number of hydrogen-bond acceptors (Lipinski definition) is 2. The Morgan fingerprint density at radius 3 is 2.69 bits per heavy atom. The van der Waals surface area contributed by atoms with Gasteiger partial charge < -0.3 is 11.1 Å². The minimum absolute atomic E-state index is 0.642. The maximum Gasteiger partial charge on any atom is 0.0576 e. The summed E-state index contributed by atoms with van der Waals surface area (Å²) in [6.07, 6.45) is 3.89. The fourth-order valence-electron chi connectivity index (χ4n) is 1.44. The van der Waals surface area contributed by atoms with Crippen molar-refractivity contribution >= 4 is 27.3 Å². The summed E-state index contributed by atoms with van der Waals surface area (Å²) < 4.78 is 1.03. The Bertz CT molecular complexity index is 308. The Labute approximate surface area is 86.6 Å². The molecule has 0 spiro atoms. The molecule has 0 heterocycles. The van der Waals surface area contributed by atoms with Gasteiger partial charge >= 0.3 is 0 Å². The molecular weight excluding hydrogens is 228 g/mol. The van der Waals surface area contributed by atoms with E-state index in [2.05, 4.69) is 21.2 Å². The van der Waals surface area contributed by atoms with E-state index >= 15 is 0 Å². The molecule has 1 fully saturated rings. The van der Waals surface area contributed by atoms with E-state index in [1.165, 1.54) is 19.3 Å². The number of anilines is 2. The van der Waals surface area contributed by atoms with Crippen LogP contribution in [0, 0.1) is 0 Å². The first kappa shape index (κ1) is 8.88. The summed E-state index contributed by atoms with van der Waals surface area (Å²) in [4.78, 5) is 0. The SMILES string of the molecule is Nc1cc(Br)ccc1NC1CCC1. The molecular formula is C10H13BrN2. The second-order valence-corrected chi connectivity index (χ2v) is 4.42. The first-order valence-electron chi connectivity index (χ1n) is 4.57. The fraction of sp³-hybridized carbons (Fsp3) is 0.400. The van der Waals surface area contributed by atoms with Gasteiger partial charge in [-0.1, -0.05) is 15.9 Å². The van der Waals surface area contributed by atoms with E-state index in [0.29, 0.717) is 6.04 Å². The molecule has 1 saturated carbocycles. The molecule has 0 aliphatic heterocycles. The van der Waals surface area contributed by atoms with Gasteiger partial charge in [0.15, 0.2) is 0 Å². The van der Waals surface area contributed by atoms with Gasteiger partial charge in [-0.2, -0.15) is 0 Å². The van der Waals surface area contributed by atoms with Crippen LogP contribution in [0.2, 0.25) is 0 Å². The predicted molar refractivity (Wildman–Crippen MR) is 59.8 cm³/mol. The monoisotopic (exact) mass is 240 g/mol. The van der Waals surface area contributed by atoms with Crippen molar-refractivity contribution in [3.8, 4) is 0 Å². The third kappa shape index (κ3) is 1.97. The summed E-state index contributed by atoms with van der Waals surface area (Å²) in [7, 11) is 0. The van der Waals surface area contributed by atoms with Gasteiger partial charge in [0.2, 0.25) is 0 Å². The van der Waals surface area contributed by atoms with Crippen molar-refractivity contribution in [2.45, 2.75) is 25.3 Å². The fourth-order valence-corrected chi connectivity index (χ4v) is 1.82. The molecule has 1 aliphatic rings. The number of halogens is 1. The zero-order valence-corrected chi connectivity index (χ0v) is 8.97. The summed E-state index contributed by atoms with van der Waals surface area (Å²) in [6.45, 7) is 0. The average molecular weight is 241 g/mol. The van der Waals surface area contributed by atoms with E-state index in [0.717, 1.165) is 15.8 Å². The van der Waals surface area contributed by atoms with Gasteiger partial charge in [-0.25, -0.2) is 0 Å². The van der Waals surface area contributed by atoms with Crippen LogP contribution in [0.25, 0.3) is 0 Å². The van der Waals surface area contributed by atoms with Gasteiger partial charge in [-0.05, 0) is 37.5 Å². The molecule has 0 saturated heterocycles. The molecule has 1 aromatic carbocycles. The highest BCUT2D eigenvalue weighted by atomic mass is 79.9. The molecule has 0 unspecified atom stereocenters. The van der Waals surface area contributed by atoms with Crippen LogP contribution in [0.5, 0.6) is 0 Å². The lowest BCUT2D eigenvalue weighted by Crippen LogP contribution is -2.27. The summed E-state index contributed by atoms with van der Waals surface area (Å²) in [5.74, 6) is 0. The molecule has 3 N–H and O–H groups in total. The van der Waals surface area contributed by atoms with E-state index < -0.39 is 0 Å². The number of benzene rings is 1. The lowest BCUT2D eigenvalue weighted by atomic mass is 9.93. The Hall–Kier alpha value is -0.700. The summed E-state index contributed by atoms with van der Waals surface area (Å²) in [6, 6.07) is 6.61. The highest BCUT2D eigenvalue weighted by Gasteiger charge is 2.17. The van der Waals surface area contributed by atoms with Gasteiger partial charge in [-0.3, -0.25) is 0 Å². The lowest BCUT2D eigenvalue weighted by molar-refractivity contribution is 0.446. The molecule has 3 heteroatoms. The zero-order chi connectivity index (χ0) is 9.26. The Morgan fingerprint density at radius 2 is 2.15 bits per heavy atom. The molecule has 0 amide bonds. The molecule has 0 radical (unpaired) electrons. The molecule has 2 nitrogen and oxygen atoms in total. The topological polar surface area (TPSA) is 38.0 Å². The molecule has 70 valence electrons. The lowest BCUT2D eigenvalue weighted by Gasteiger charge is -2.28. The minimum Gasteiger partial charge on any atom is -0.397 e. The maximum absolute atomic E-state index is 5.86. The van der Waals surface area contributed by atoms with Gasteiger partial charge in [-0.15, -0.1) is 0 Å². The third-order valence-corrected chi connectivity index (χ3v) is 2.97. The predicted octanol–water partition coefficient (Wildman–Crippen LogP) is 3.00. The van der Waals surface area contributed by atoms with Gasteiger partial charge in [0.1, 0.15) is 0 Å². The van der Waals surface area contributed by atoms with E-state index in [1.807, 2.05) is 18.2 Å². The quantitative estimate of drug-likeness (QED) is 0.781. The molecule has 0 atom stereocenters. The van der Waals surface area contributed by atoms with Crippen LogP contribution in [-0.4, -0.2) is 6.04 Å². The van der Waals surface area contributed by atoms with Crippen LogP contribution in [0.15, 0.2) is 22.7 Å². The smallest absolute Gasteiger partial charge is 0.0576 e. The number of hydrogen-bond donors (Lipinski definition) is 2. The van der Waals surface area contributed by atoms with Crippen LogP contribution in [0.1, 0.15) is 19.3 Å². The normalized spacial score (nSPS) is 16.7. The minimum atomic E-state index is 0.642. The number of nitrogens with two attached hydrogens (primary N) is 1. The largest absolute Gasteiger partial charge is 0.397 e. The van der Waals surface area contributed by atoms with Crippen LogP contribution in [0.4, 0.5) is 11.4 Å². The molecule has 13 heavy (non-hydrogen) atoms. The second kappa shape index (κ2) is 3.58. The summed E-state index contributed by atoms with van der Waals surface area (Å²) in [5, 5.41) is 3.43.